The Bertz CT molecular complexity index is 796. The molecule has 26 heavy (non-hydrogen) atoms. The van der Waals surface area contributed by atoms with E-state index >= 15 is 0 Å². The summed E-state index contributed by atoms with van der Waals surface area (Å²) >= 11 is 0. The van der Waals surface area contributed by atoms with Gasteiger partial charge in [0.25, 0.3) is 5.70 Å². The fourth-order valence-corrected chi connectivity index (χ4v) is 3.40. The molecule has 0 aromatic heterocycles. The molecule has 1 unspecified atom stereocenters. The second-order valence-electron chi connectivity index (χ2n) is 6.75. The molecule has 1 atom stereocenters. The molecule has 1 aromatic rings. The van der Waals surface area contributed by atoms with Crippen molar-refractivity contribution in [2.45, 2.75) is 38.7 Å². The minimum atomic E-state index is -0.0405. The Morgan fingerprint density at radius 1 is 1.23 bits per heavy atom. The van der Waals surface area contributed by atoms with Gasteiger partial charge in [0.2, 0.25) is 0 Å². The third-order valence-corrected chi connectivity index (χ3v) is 4.74. The summed E-state index contributed by atoms with van der Waals surface area (Å²) in [6.45, 7) is 11.4. The normalized spacial score (nSPS) is 22.2. The number of hydrogen-bond acceptors (Lipinski definition) is 3. The Hall–Kier alpha value is -2.98. The van der Waals surface area contributed by atoms with Crippen molar-refractivity contribution in [2.24, 2.45) is 0 Å². The molecule has 2 aliphatic rings. The van der Waals surface area contributed by atoms with Crippen LogP contribution in [0.5, 0.6) is 0 Å². The third kappa shape index (κ3) is 4.35. The van der Waals surface area contributed by atoms with Gasteiger partial charge in [-0.25, -0.2) is 10.1 Å². The van der Waals surface area contributed by atoms with Crippen molar-refractivity contribution in [2.75, 3.05) is 18.0 Å². The van der Waals surface area contributed by atoms with E-state index in [1.807, 2.05) is 25.1 Å². The molecule has 0 amide bonds. The quantitative estimate of drug-likeness (QED) is 0.566. The van der Waals surface area contributed by atoms with Gasteiger partial charge in [0.15, 0.2) is 0 Å². The van der Waals surface area contributed by atoms with Crippen molar-refractivity contribution >= 4 is 11.8 Å². The molecule has 0 N–H and O–H groups in total. The van der Waals surface area contributed by atoms with E-state index in [0.717, 1.165) is 24.2 Å². The molecule has 0 aliphatic carbocycles. The first kappa shape index (κ1) is 17.8. The van der Waals surface area contributed by atoms with Crippen LogP contribution in [-0.2, 0) is 4.74 Å². The minimum absolute atomic E-state index is 0.0405. The Balaban J connectivity index is 1.73. The molecule has 4 nitrogen and oxygen atoms in total. The number of anilines is 1. The molecule has 1 fully saturated rings. The van der Waals surface area contributed by atoms with Crippen LogP contribution in [0.3, 0.4) is 0 Å². The molecule has 132 valence electrons. The van der Waals surface area contributed by atoms with Gasteiger partial charge in [-0.15, -0.1) is 0 Å². The van der Waals surface area contributed by atoms with Gasteiger partial charge >= 0.3 is 0 Å². The number of allylic oxidation sites excluding steroid dienone is 3. The van der Waals surface area contributed by atoms with E-state index in [9.17, 15) is 0 Å². The second kappa shape index (κ2) is 8.41. The van der Waals surface area contributed by atoms with Crippen LogP contribution in [0.15, 0.2) is 53.4 Å². The van der Waals surface area contributed by atoms with Crippen molar-refractivity contribution in [3.05, 3.63) is 70.4 Å². The van der Waals surface area contributed by atoms with Crippen LogP contribution in [0, 0.1) is 17.9 Å². The lowest BCUT2D eigenvalue weighted by molar-refractivity contribution is 0.133. The lowest BCUT2D eigenvalue weighted by atomic mass is 10.0. The van der Waals surface area contributed by atoms with Crippen LogP contribution < -0.4 is 4.90 Å². The molecule has 1 saturated heterocycles. The van der Waals surface area contributed by atoms with Crippen LogP contribution >= 0.6 is 0 Å². The largest absolute Gasteiger partial charge is 0.490 e. The Kier molecular flexibility index (Phi) is 5.77. The smallest absolute Gasteiger partial charge is 0.265 e. The first-order valence-electron chi connectivity index (χ1n) is 9.12. The van der Waals surface area contributed by atoms with Gasteiger partial charge < -0.3 is 9.64 Å². The van der Waals surface area contributed by atoms with Crippen LogP contribution in [0.4, 0.5) is 5.69 Å². The van der Waals surface area contributed by atoms with Gasteiger partial charge in [0, 0.05) is 25.2 Å². The van der Waals surface area contributed by atoms with Crippen molar-refractivity contribution in [1.82, 2.24) is 0 Å². The Labute approximate surface area is 155 Å². The molecular formula is C22H23N3O. The van der Waals surface area contributed by atoms with Crippen molar-refractivity contribution < 1.29 is 4.74 Å². The fraction of sp³-hybridized carbons (Fsp3) is 0.364. The highest BCUT2D eigenvalue weighted by Crippen LogP contribution is 2.26. The summed E-state index contributed by atoms with van der Waals surface area (Å²) in [5.41, 5.74) is 3.28. The summed E-state index contributed by atoms with van der Waals surface area (Å²) in [6.07, 6.45) is 10.1. The Morgan fingerprint density at radius 3 is 2.62 bits per heavy atom. The van der Waals surface area contributed by atoms with E-state index in [4.69, 9.17) is 16.6 Å². The van der Waals surface area contributed by atoms with Crippen LogP contribution in [-0.4, -0.2) is 19.2 Å². The molecule has 1 aromatic carbocycles. The highest BCUT2D eigenvalue weighted by Gasteiger charge is 2.17. The highest BCUT2D eigenvalue weighted by atomic mass is 16.5. The van der Waals surface area contributed by atoms with Crippen LogP contribution in [0.2, 0.25) is 0 Å². The van der Waals surface area contributed by atoms with Gasteiger partial charge in [-0.1, -0.05) is 18.2 Å². The molecular weight excluding hydrogens is 322 g/mol. The van der Waals surface area contributed by atoms with Gasteiger partial charge in [0.05, 0.1) is 18.7 Å². The van der Waals surface area contributed by atoms with Gasteiger partial charge in [-0.2, -0.15) is 0 Å². The van der Waals surface area contributed by atoms with E-state index in [0.29, 0.717) is 12.2 Å². The number of piperidine rings is 1. The zero-order valence-corrected chi connectivity index (χ0v) is 15.1. The van der Waals surface area contributed by atoms with E-state index in [-0.39, 0.29) is 11.8 Å². The maximum atomic E-state index is 9.08. The number of ether oxygens (including phenoxy) is 1. The highest BCUT2D eigenvalue weighted by molar-refractivity contribution is 5.58. The Morgan fingerprint density at radius 2 is 1.96 bits per heavy atom. The predicted molar refractivity (Wildman–Crippen MR) is 104 cm³/mol. The predicted octanol–water partition coefficient (Wildman–Crippen LogP) is 5.08. The van der Waals surface area contributed by atoms with Gasteiger partial charge in [0.1, 0.15) is 5.76 Å². The first-order valence-corrected chi connectivity index (χ1v) is 9.12. The van der Waals surface area contributed by atoms with Crippen molar-refractivity contribution in [3.8, 4) is 6.07 Å². The maximum absolute atomic E-state index is 9.08. The first-order chi connectivity index (χ1) is 12.7. The van der Waals surface area contributed by atoms with Crippen molar-refractivity contribution in [1.29, 1.82) is 5.26 Å². The van der Waals surface area contributed by atoms with Gasteiger partial charge in [-0.3, -0.25) is 0 Å². The number of benzene rings is 1. The molecule has 2 heterocycles. The molecule has 2 aliphatic heterocycles. The fourth-order valence-electron chi connectivity index (χ4n) is 3.40. The summed E-state index contributed by atoms with van der Waals surface area (Å²) in [6, 6.07) is 10.5. The summed E-state index contributed by atoms with van der Waals surface area (Å²) < 4.78 is 5.82. The zero-order chi connectivity index (χ0) is 18.4. The molecule has 0 radical (unpaired) electrons. The summed E-state index contributed by atoms with van der Waals surface area (Å²) in [5, 5.41) is 9.08. The van der Waals surface area contributed by atoms with Gasteiger partial charge in [-0.05, 0) is 61.6 Å². The van der Waals surface area contributed by atoms with Crippen LogP contribution in [0.1, 0.15) is 38.2 Å². The molecule has 3 rings (SSSR count). The summed E-state index contributed by atoms with van der Waals surface area (Å²) in [4.78, 5) is 5.75. The van der Waals surface area contributed by atoms with E-state index in [2.05, 4.69) is 34.0 Å². The lowest BCUT2D eigenvalue weighted by Crippen LogP contribution is -2.29. The SMILES string of the molecule is [C-]#[N+]C(C#N)=C1C=C(C=Cc2ccc(N3CCCCC3)cc2)OC(C)C1. The zero-order valence-electron chi connectivity index (χ0n) is 15.1. The molecule has 0 spiro atoms. The minimum Gasteiger partial charge on any atom is -0.490 e. The molecule has 0 saturated carbocycles. The van der Waals surface area contributed by atoms with Crippen LogP contribution in [0.25, 0.3) is 10.9 Å². The topological polar surface area (TPSA) is 40.6 Å². The average molecular weight is 345 g/mol. The maximum Gasteiger partial charge on any atom is 0.265 e. The second-order valence-corrected chi connectivity index (χ2v) is 6.75. The summed E-state index contributed by atoms with van der Waals surface area (Å²) in [5.74, 6) is 0.690. The number of nitriles is 1. The van der Waals surface area contributed by atoms with E-state index < -0.39 is 0 Å². The third-order valence-electron chi connectivity index (χ3n) is 4.74. The molecule has 0 bridgehead atoms. The monoisotopic (exact) mass is 345 g/mol. The number of nitrogens with zero attached hydrogens (tertiary/aromatic N) is 3. The molecule has 4 heteroatoms. The van der Waals surface area contributed by atoms with E-state index in [1.54, 1.807) is 6.08 Å². The van der Waals surface area contributed by atoms with Crippen molar-refractivity contribution in [3.63, 3.8) is 0 Å². The van der Waals surface area contributed by atoms with E-state index in [1.165, 1.54) is 24.9 Å². The average Bonchev–Trinajstić information content (AvgIpc) is 2.68. The number of rotatable bonds is 3. The standard InChI is InChI=1S/C22H23N3O/c1-17-14-19(22(16-23)24-2)15-21(26-17)11-8-18-6-9-20(10-7-18)25-12-4-3-5-13-25/h6-11,15,17H,3-5,12-14H2,1H3. The lowest BCUT2D eigenvalue weighted by Gasteiger charge is -2.28. The number of hydrogen-bond donors (Lipinski definition) is 0. The summed E-state index contributed by atoms with van der Waals surface area (Å²) in [7, 11) is 0.